The Morgan fingerprint density at radius 1 is 1.35 bits per heavy atom. The average molecular weight is 301 g/mol. The molecule has 0 aliphatic rings. The summed E-state index contributed by atoms with van der Waals surface area (Å²) in [6, 6.07) is 2.66. The Bertz CT molecular complexity index is 452. The second kappa shape index (κ2) is 8.66. The molecule has 20 heavy (non-hydrogen) atoms. The van der Waals surface area contributed by atoms with Gasteiger partial charge in [-0.15, -0.1) is 0 Å². The SMILES string of the molecule is CCCCCNC(=O)Nc1cc(Cl)cc(CCO)c1O. The van der Waals surface area contributed by atoms with Gasteiger partial charge in [-0.1, -0.05) is 31.4 Å². The van der Waals surface area contributed by atoms with Crippen LogP contribution in [0.1, 0.15) is 31.7 Å². The third-order valence-corrected chi connectivity index (χ3v) is 3.07. The van der Waals surface area contributed by atoms with Crippen molar-refractivity contribution in [3.05, 3.63) is 22.7 Å². The molecule has 0 radical (unpaired) electrons. The first-order valence-electron chi connectivity index (χ1n) is 6.75. The van der Waals surface area contributed by atoms with Crippen LogP contribution in [-0.2, 0) is 6.42 Å². The molecule has 1 aromatic carbocycles. The molecule has 0 aliphatic carbocycles. The monoisotopic (exact) mass is 300 g/mol. The fourth-order valence-electron chi connectivity index (χ4n) is 1.81. The number of benzene rings is 1. The van der Waals surface area contributed by atoms with Gasteiger partial charge in [0, 0.05) is 18.2 Å². The van der Waals surface area contributed by atoms with E-state index in [0.29, 0.717) is 17.1 Å². The summed E-state index contributed by atoms with van der Waals surface area (Å²) >= 11 is 5.92. The van der Waals surface area contributed by atoms with Crippen molar-refractivity contribution in [3.8, 4) is 5.75 Å². The minimum atomic E-state index is -0.381. The highest BCUT2D eigenvalue weighted by atomic mass is 35.5. The van der Waals surface area contributed by atoms with E-state index in [1.165, 1.54) is 6.07 Å². The minimum absolute atomic E-state index is 0.0628. The topological polar surface area (TPSA) is 81.6 Å². The zero-order chi connectivity index (χ0) is 15.0. The van der Waals surface area contributed by atoms with Gasteiger partial charge in [0.15, 0.2) is 0 Å². The van der Waals surface area contributed by atoms with Crippen LogP contribution in [-0.4, -0.2) is 29.4 Å². The third-order valence-electron chi connectivity index (χ3n) is 2.85. The molecule has 1 rings (SSSR count). The van der Waals surface area contributed by atoms with Crippen LogP contribution >= 0.6 is 11.6 Å². The van der Waals surface area contributed by atoms with Crippen molar-refractivity contribution in [2.45, 2.75) is 32.6 Å². The second-order valence-corrected chi connectivity index (χ2v) is 4.96. The van der Waals surface area contributed by atoms with Crippen molar-refractivity contribution in [3.63, 3.8) is 0 Å². The van der Waals surface area contributed by atoms with Crippen molar-refractivity contribution in [1.29, 1.82) is 0 Å². The summed E-state index contributed by atoms with van der Waals surface area (Å²) in [6.45, 7) is 2.58. The average Bonchev–Trinajstić information content (AvgIpc) is 2.40. The van der Waals surface area contributed by atoms with E-state index >= 15 is 0 Å². The van der Waals surface area contributed by atoms with Gasteiger partial charge in [-0.25, -0.2) is 4.79 Å². The first kappa shape index (κ1) is 16.6. The number of rotatable bonds is 7. The molecule has 1 aromatic rings. The fraction of sp³-hybridized carbons (Fsp3) is 0.500. The van der Waals surface area contributed by atoms with Crippen LogP contribution in [0.5, 0.6) is 5.75 Å². The van der Waals surface area contributed by atoms with Gasteiger partial charge in [0.1, 0.15) is 5.75 Å². The number of nitrogens with one attached hydrogen (secondary N) is 2. The summed E-state index contributed by atoms with van der Waals surface area (Å²) in [4.78, 5) is 11.7. The Balaban J connectivity index is 2.64. The molecule has 0 bridgehead atoms. The number of anilines is 1. The van der Waals surface area contributed by atoms with E-state index in [0.717, 1.165) is 19.3 Å². The molecule has 0 unspecified atom stereocenters. The number of unbranched alkanes of at least 4 members (excludes halogenated alkanes) is 2. The van der Waals surface area contributed by atoms with E-state index in [-0.39, 0.29) is 30.5 Å². The molecule has 2 amide bonds. The van der Waals surface area contributed by atoms with Gasteiger partial charge in [-0.3, -0.25) is 0 Å². The maximum absolute atomic E-state index is 11.7. The zero-order valence-electron chi connectivity index (χ0n) is 11.6. The molecule has 0 aliphatic heterocycles. The number of aromatic hydroxyl groups is 1. The molecule has 6 heteroatoms. The first-order valence-corrected chi connectivity index (χ1v) is 7.13. The molecule has 0 spiro atoms. The lowest BCUT2D eigenvalue weighted by atomic mass is 10.1. The molecule has 0 fully saturated rings. The van der Waals surface area contributed by atoms with E-state index in [2.05, 4.69) is 17.6 Å². The summed E-state index contributed by atoms with van der Waals surface area (Å²) in [5, 5.41) is 24.6. The van der Waals surface area contributed by atoms with Crippen LogP contribution in [0.4, 0.5) is 10.5 Å². The number of carbonyl (C=O) groups is 1. The summed E-state index contributed by atoms with van der Waals surface area (Å²) in [6.07, 6.45) is 3.34. The lowest BCUT2D eigenvalue weighted by molar-refractivity contribution is 0.251. The maximum Gasteiger partial charge on any atom is 0.319 e. The highest BCUT2D eigenvalue weighted by Gasteiger charge is 2.11. The van der Waals surface area contributed by atoms with Gasteiger partial charge in [0.2, 0.25) is 0 Å². The number of phenols is 1. The highest BCUT2D eigenvalue weighted by molar-refractivity contribution is 6.31. The number of hydrogen-bond donors (Lipinski definition) is 4. The predicted molar refractivity (Wildman–Crippen MR) is 80.5 cm³/mol. The smallest absolute Gasteiger partial charge is 0.319 e. The molecule has 112 valence electrons. The number of amides is 2. The standard InChI is InChI=1S/C14H21ClN2O3/c1-2-3-4-6-16-14(20)17-12-9-11(15)8-10(5-7-18)13(12)19/h8-9,18-19H,2-7H2,1H3,(H2,16,17,20). The van der Waals surface area contributed by atoms with Gasteiger partial charge in [0.05, 0.1) is 5.69 Å². The van der Waals surface area contributed by atoms with Crippen LogP contribution in [0.15, 0.2) is 12.1 Å². The summed E-state index contributed by atoms with van der Waals surface area (Å²) in [7, 11) is 0. The van der Waals surface area contributed by atoms with Gasteiger partial charge in [0.25, 0.3) is 0 Å². The summed E-state index contributed by atoms with van der Waals surface area (Å²) in [5.74, 6) is -0.0628. The molecular formula is C14H21ClN2O3. The number of halogens is 1. The summed E-state index contributed by atoms with van der Waals surface area (Å²) < 4.78 is 0. The lowest BCUT2D eigenvalue weighted by Crippen LogP contribution is -2.29. The van der Waals surface area contributed by atoms with Crippen molar-refractivity contribution in [2.75, 3.05) is 18.5 Å². The van der Waals surface area contributed by atoms with Gasteiger partial charge in [-0.2, -0.15) is 0 Å². The maximum atomic E-state index is 11.7. The number of aliphatic hydroxyl groups is 1. The second-order valence-electron chi connectivity index (χ2n) is 4.52. The van der Waals surface area contributed by atoms with E-state index < -0.39 is 0 Å². The van der Waals surface area contributed by atoms with Crippen molar-refractivity contribution in [2.24, 2.45) is 0 Å². The van der Waals surface area contributed by atoms with E-state index in [9.17, 15) is 9.90 Å². The summed E-state index contributed by atoms with van der Waals surface area (Å²) in [5.41, 5.74) is 0.746. The Morgan fingerprint density at radius 2 is 2.10 bits per heavy atom. The van der Waals surface area contributed by atoms with E-state index in [1.807, 2.05) is 0 Å². The molecule has 4 N–H and O–H groups in total. The van der Waals surface area contributed by atoms with Crippen LogP contribution in [0, 0.1) is 0 Å². The molecule has 0 saturated carbocycles. The Kier molecular flexibility index (Phi) is 7.18. The van der Waals surface area contributed by atoms with Crippen LogP contribution < -0.4 is 10.6 Å². The van der Waals surface area contributed by atoms with Crippen LogP contribution in [0.25, 0.3) is 0 Å². The van der Waals surface area contributed by atoms with Crippen LogP contribution in [0.3, 0.4) is 0 Å². The van der Waals surface area contributed by atoms with Gasteiger partial charge in [-0.05, 0) is 30.5 Å². The largest absolute Gasteiger partial charge is 0.505 e. The Labute approximate surface area is 124 Å². The Hall–Kier alpha value is -1.46. The van der Waals surface area contributed by atoms with Crippen molar-refractivity contribution >= 4 is 23.3 Å². The van der Waals surface area contributed by atoms with Crippen LogP contribution in [0.2, 0.25) is 5.02 Å². The number of aliphatic hydroxyl groups excluding tert-OH is 1. The Morgan fingerprint density at radius 3 is 2.75 bits per heavy atom. The normalized spacial score (nSPS) is 10.3. The quantitative estimate of drug-likeness (QED) is 0.462. The minimum Gasteiger partial charge on any atom is -0.505 e. The van der Waals surface area contributed by atoms with Crippen molar-refractivity contribution < 1.29 is 15.0 Å². The number of carbonyl (C=O) groups excluding carboxylic acids is 1. The van der Waals surface area contributed by atoms with Gasteiger partial charge < -0.3 is 20.8 Å². The number of phenolic OH excluding ortho intramolecular Hbond substituents is 1. The van der Waals surface area contributed by atoms with Gasteiger partial charge >= 0.3 is 6.03 Å². The molecular weight excluding hydrogens is 280 g/mol. The van der Waals surface area contributed by atoms with Crippen molar-refractivity contribution in [1.82, 2.24) is 5.32 Å². The van der Waals surface area contributed by atoms with E-state index in [4.69, 9.17) is 16.7 Å². The lowest BCUT2D eigenvalue weighted by Gasteiger charge is -2.12. The fourth-order valence-corrected chi connectivity index (χ4v) is 2.05. The molecule has 5 nitrogen and oxygen atoms in total. The molecule has 0 saturated heterocycles. The van der Waals surface area contributed by atoms with E-state index in [1.54, 1.807) is 6.07 Å². The molecule has 0 aromatic heterocycles. The molecule has 0 heterocycles. The predicted octanol–water partition coefficient (Wildman–Crippen LogP) is 2.89. The first-order chi connectivity index (χ1) is 9.58. The molecule has 0 atom stereocenters. The number of hydrogen-bond acceptors (Lipinski definition) is 3. The highest BCUT2D eigenvalue weighted by Crippen LogP contribution is 2.31. The number of urea groups is 1. The zero-order valence-corrected chi connectivity index (χ0v) is 12.3. The third kappa shape index (κ3) is 5.27.